The van der Waals surface area contributed by atoms with Gasteiger partial charge >= 0.3 is 0 Å². The Morgan fingerprint density at radius 1 is 1.30 bits per heavy atom. The van der Waals surface area contributed by atoms with Crippen molar-refractivity contribution in [1.29, 1.82) is 0 Å². The lowest BCUT2D eigenvalue weighted by Gasteiger charge is -2.04. The second kappa shape index (κ2) is 4.45. The Kier molecular flexibility index (Phi) is 4.28. The van der Waals surface area contributed by atoms with E-state index in [4.69, 9.17) is 5.11 Å². The molecule has 0 aliphatic rings. The van der Waals surface area contributed by atoms with Gasteiger partial charge in [-0.05, 0) is 12.8 Å². The van der Waals surface area contributed by atoms with Crippen LogP contribution in [0.5, 0.6) is 0 Å². The zero-order chi connectivity index (χ0) is 8.15. The first-order valence-electron chi connectivity index (χ1n) is 3.72. The molecule has 0 bridgehead atoms. The number of rotatable bonds is 4. The molecule has 0 radical (unpaired) electrons. The lowest BCUT2D eigenvalue weighted by molar-refractivity contribution is -0.121. The third-order valence-electron chi connectivity index (χ3n) is 1.16. The SMILES string of the molecule is CC(C)CC(=O)C[C@@H](C)O. The van der Waals surface area contributed by atoms with E-state index < -0.39 is 6.10 Å². The second-order valence-electron chi connectivity index (χ2n) is 3.19. The maximum atomic E-state index is 10.9. The first-order chi connectivity index (χ1) is 4.52. The average Bonchev–Trinajstić information content (AvgIpc) is 1.58. The summed E-state index contributed by atoms with van der Waals surface area (Å²) in [5.41, 5.74) is 0. The molecule has 0 aromatic carbocycles. The van der Waals surface area contributed by atoms with E-state index in [-0.39, 0.29) is 5.78 Å². The number of aliphatic hydroxyl groups is 1. The molecule has 0 spiro atoms. The van der Waals surface area contributed by atoms with Gasteiger partial charge in [0.2, 0.25) is 0 Å². The van der Waals surface area contributed by atoms with Crippen LogP contribution in [-0.2, 0) is 4.79 Å². The fourth-order valence-corrected chi connectivity index (χ4v) is 0.868. The summed E-state index contributed by atoms with van der Waals surface area (Å²) in [5, 5.41) is 8.81. The molecule has 2 nitrogen and oxygen atoms in total. The van der Waals surface area contributed by atoms with Gasteiger partial charge in [-0.3, -0.25) is 4.79 Å². The highest BCUT2D eigenvalue weighted by atomic mass is 16.3. The molecular formula is C8H16O2. The van der Waals surface area contributed by atoms with Crippen molar-refractivity contribution in [1.82, 2.24) is 0 Å². The van der Waals surface area contributed by atoms with E-state index in [1.54, 1.807) is 6.92 Å². The van der Waals surface area contributed by atoms with Crippen LogP contribution in [0.25, 0.3) is 0 Å². The van der Waals surface area contributed by atoms with Crippen LogP contribution < -0.4 is 0 Å². The van der Waals surface area contributed by atoms with Crippen LogP contribution in [0.3, 0.4) is 0 Å². The molecular weight excluding hydrogens is 128 g/mol. The number of hydrogen-bond acceptors (Lipinski definition) is 2. The number of hydrogen-bond donors (Lipinski definition) is 1. The molecule has 2 heteroatoms. The van der Waals surface area contributed by atoms with Crippen LogP contribution in [0.2, 0.25) is 0 Å². The van der Waals surface area contributed by atoms with Crippen molar-refractivity contribution >= 4 is 5.78 Å². The minimum absolute atomic E-state index is 0.157. The van der Waals surface area contributed by atoms with Crippen molar-refractivity contribution in [2.24, 2.45) is 5.92 Å². The fraction of sp³-hybridized carbons (Fsp3) is 0.875. The maximum absolute atomic E-state index is 10.9. The van der Waals surface area contributed by atoms with Gasteiger partial charge in [-0.2, -0.15) is 0 Å². The van der Waals surface area contributed by atoms with Gasteiger partial charge in [-0.25, -0.2) is 0 Å². The molecule has 0 heterocycles. The van der Waals surface area contributed by atoms with Crippen molar-refractivity contribution in [3.63, 3.8) is 0 Å². The molecule has 0 aromatic heterocycles. The summed E-state index contributed by atoms with van der Waals surface area (Å²) in [6.07, 6.45) is 0.412. The second-order valence-corrected chi connectivity index (χ2v) is 3.19. The van der Waals surface area contributed by atoms with Gasteiger partial charge in [0.1, 0.15) is 5.78 Å². The van der Waals surface area contributed by atoms with E-state index >= 15 is 0 Å². The van der Waals surface area contributed by atoms with Gasteiger partial charge in [-0.1, -0.05) is 13.8 Å². The monoisotopic (exact) mass is 144 g/mol. The Hall–Kier alpha value is -0.370. The summed E-state index contributed by atoms with van der Waals surface area (Å²) >= 11 is 0. The highest BCUT2D eigenvalue weighted by Crippen LogP contribution is 2.04. The summed E-state index contributed by atoms with van der Waals surface area (Å²) in [5.74, 6) is 0.566. The van der Waals surface area contributed by atoms with Crippen LogP contribution >= 0.6 is 0 Å². The zero-order valence-electron chi connectivity index (χ0n) is 6.92. The van der Waals surface area contributed by atoms with Crippen molar-refractivity contribution in [2.45, 2.75) is 39.7 Å². The van der Waals surface area contributed by atoms with Gasteiger partial charge in [0, 0.05) is 12.8 Å². The van der Waals surface area contributed by atoms with Crippen LogP contribution in [0, 0.1) is 5.92 Å². The van der Waals surface area contributed by atoms with Crippen LogP contribution in [0.4, 0.5) is 0 Å². The minimum atomic E-state index is -0.480. The van der Waals surface area contributed by atoms with Gasteiger partial charge in [0.15, 0.2) is 0 Å². The third-order valence-corrected chi connectivity index (χ3v) is 1.16. The highest BCUT2D eigenvalue weighted by molar-refractivity contribution is 5.78. The topological polar surface area (TPSA) is 37.3 Å². The van der Waals surface area contributed by atoms with E-state index in [1.165, 1.54) is 0 Å². The lowest BCUT2D eigenvalue weighted by atomic mass is 10.0. The Morgan fingerprint density at radius 3 is 2.10 bits per heavy atom. The Bertz CT molecular complexity index is 93.8. The molecule has 0 saturated carbocycles. The number of aliphatic hydroxyl groups excluding tert-OH is 1. The molecule has 1 atom stereocenters. The van der Waals surface area contributed by atoms with E-state index in [0.29, 0.717) is 18.8 Å². The summed E-state index contributed by atoms with van der Waals surface area (Å²) in [4.78, 5) is 10.9. The van der Waals surface area contributed by atoms with Gasteiger partial charge < -0.3 is 5.11 Å². The minimum Gasteiger partial charge on any atom is -0.393 e. The van der Waals surface area contributed by atoms with Crippen molar-refractivity contribution in [3.8, 4) is 0 Å². The molecule has 1 N–H and O–H groups in total. The maximum Gasteiger partial charge on any atom is 0.135 e. The van der Waals surface area contributed by atoms with E-state index in [1.807, 2.05) is 13.8 Å². The molecule has 0 rings (SSSR count). The van der Waals surface area contributed by atoms with Crippen molar-refractivity contribution in [3.05, 3.63) is 0 Å². The predicted octanol–water partition coefficient (Wildman–Crippen LogP) is 1.37. The molecule has 0 aliphatic heterocycles. The van der Waals surface area contributed by atoms with Crippen LogP contribution in [0.1, 0.15) is 33.6 Å². The molecule has 0 saturated heterocycles. The summed E-state index contributed by atoms with van der Waals surface area (Å²) in [7, 11) is 0. The lowest BCUT2D eigenvalue weighted by Crippen LogP contribution is -2.10. The number of carbonyl (C=O) groups excluding carboxylic acids is 1. The summed E-state index contributed by atoms with van der Waals surface area (Å²) in [6.45, 7) is 5.64. The Morgan fingerprint density at radius 2 is 1.80 bits per heavy atom. The largest absolute Gasteiger partial charge is 0.393 e. The smallest absolute Gasteiger partial charge is 0.135 e. The number of carbonyl (C=O) groups is 1. The van der Waals surface area contributed by atoms with E-state index in [2.05, 4.69) is 0 Å². The van der Waals surface area contributed by atoms with Gasteiger partial charge in [0.25, 0.3) is 0 Å². The number of ketones is 1. The van der Waals surface area contributed by atoms with E-state index in [9.17, 15) is 4.79 Å². The average molecular weight is 144 g/mol. The zero-order valence-corrected chi connectivity index (χ0v) is 6.92. The van der Waals surface area contributed by atoms with Gasteiger partial charge in [-0.15, -0.1) is 0 Å². The first-order valence-corrected chi connectivity index (χ1v) is 3.72. The van der Waals surface area contributed by atoms with Crippen molar-refractivity contribution in [2.75, 3.05) is 0 Å². The molecule has 60 valence electrons. The standard InChI is InChI=1S/C8H16O2/c1-6(2)4-8(10)5-7(3)9/h6-7,9H,4-5H2,1-3H3/t7-/m1/s1. The number of Topliss-reactive ketones (excluding diaryl/α,β-unsaturated/α-hetero) is 1. The van der Waals surface area contributed by atoms with Crippen molar-refractivity contribution < 1.29 is 9.90 Å². The normalized spacial score (nSPS) is 13.7. The molecule has 0 amide bonds. The summed E-state index contributed by atoms with van der Waals surface area (Å²) < 4.78 is 0. The van der Waals surface area contributed by atoms with E-state index in [0.717, 1.165) is 0 Å². The Balaban J connectivity index is 3.44. The Labute approximate surface area is 62.2 Å². The first kappa shape index (κ1) is 9.63. The molecule has 0 aromatic rings. The molecule has 0 fully saturated rings. The fourth-order valence-electron chi connectivity index (χ4n) is 0.868. The molecule has 0 unspecified atom stereocenters. The third kappa shape index (κ3) is 5.76. The molecule has 10 heavy (non-hydrogen) atoms. The highest BCUT2D eigenvalue weighted by Gasteiger charge is 2.07. The van der Waals surface area contributed by atoms with Gasteiger partial charge in [0.05, 0.1) is 6.10 Å². The predicted molar refractivity (Wildman–Crippen MR) is 40.8 cm³/mol. The van der Waals surface area contributed by atoms with Crippen LogP contribution in [0.15, 0.2) is 0 Å². The quantitative estimate of drug-likeness (QED) is 0.647. The summed E-state index contributed by atoms with van der Waals surface area (Å²) in [6, 6.07) is 0. The van der Waals surface area contributed by atoms with Crippen LogP contribution in [-0.4, -0.2) is 17.0 Å². The molecule has 0 aliphatic carbocycles.